The highest BCUT2D eigenvalue weighted by atomic mass is 79.9. The van der Waals surface area contributed by atoms with Crippen molar-refractivity contribution in [3.8, 4) is 0 Å². The van der Waals surface area contributed by atoms with Crippen LogP contribution in [0.25, 0.3) is 0 Å². The van der Waals surface area contributed by atoms with E-state index in [9.17, 15) is 0 Å². The van der Waals surface area contributed by atoms with Crippen molar-refractivity contribution in [2.75, 3.05) is 0 Å². The van der Waals surface area contributed by atoms with Gasteiger partial charge >= 0.3 is 0 Å². The normalized spacial score (nSPS) is 12.7. The van der Waals surface area contributed by atoms with Gasteiger partial charge in [-0.2, -0.15) is 0 Å². The lowest BCUT2D eigenvalue weighted by molar-refractivity contribution is 0.461. The number of halogens is 1. The quantitative estimate of drug-likeness (QED) is 0.933. The standard InChI is InChI=1S/C13H14BrNO/c1-9-6-7-16-13(9)12(15)8-10-4-2-3-5-11(10)14/h2-7,12H,8,15H2,1H3. The molecule has 1 atom stereocenters. The Bertz CT molecular complexity index is 478. The van der Waals surface area contributed by atoms with Crippen molar-refractivity contribution in [1.29, 1.82) is 0 Å². The molecule has 0 radical (unpaired) electrons. The predicted molar refractivity (Wildman–Crippen MR) is 68.2 cm³/mol. The number of aryl methyl sites for hydroxylation is 1. The molecular weight excluding hydrogens is 266 g/mol. The minimum absolute atomic E-state index is 0.0892. The van der Waals surface area contributed by atoms with Crippen LogP contribution in [0.1, 0.15) is 22.9 Å². The van der Waals surface area contributed by atoms with Crippen molar-refractivity contribution in [3.63, 3.8) is 0 Å². The molecule has 84 valence electrons. The second kappa shape index (κ2) is 4.85. The van der Waals surface area contributed by atoms with Gasteiger partial charge in [0, 0.05) is 4.47 Å². The van der Waals surface area contributed by atoms with Crippen LogP contribution in [0.2, 0.25) is 0 Å². The number of benzene rings is 1. The smallest absolute Gasteiger partial charge is 0.123 e. The molecule has 16 heavy (non-hydrogen) atoms. The Labute approximate surface area is 104 Å². The molecule has 1 aromatic heterocycles. The summed E-state index contributed by atoms with van der Waals surface area (Å²) in [5, 5.41) is 0. The number of hydrogen-bond acceptors (Lipinski definition) is 2. The Hall–Kier alpha value is -1.06. The summed E-state index contributed by atoms with van der Waals surface area (Å²) in [6.07, 6.45) is 2.46. The highest BCUT2D eigenvalue weighted by molar-refractivity contribution is 9.10. The number of nitrogens with two attached hydrogens (primary N) is 1. The van der Waals surface area contributed by atoms with Gasteiger partial charge in [0.1, 0.15) is 5.76 Å². The van der Waals surface area contributed by atoms with Crippen LogP contribution in [0.5, 0.6) is 0 Å². The van der Waals surface area contributed by atoms with Gasteiger partial charge in [-0.05, 0) is 36.6 Å². The zero-order valence-corrected chi connectivity index (χ0v) is 10.7. The SMILES string of the molecule is Cc1ccoc1C(N)Cc1ccccc1Br. The first-order chi connectivity index (χ1) is 7.68. The zero-order chi connectivity index (χ0) is 11.5. The maximum Gasteiger partial charge on any atom is 0.123 e. The van der Waals surface area contributed by atoms with Crippen LogP contribution in [0.3, 0.4) is 0 Å². The molecular formula is C13H14BrNO. The minimum Gasteiger partial charge on any atom is -0.467 e. The van der Waals surface area contributed by atoms with Crippen molar-refractivity contribution >= 4 is 15.9 Å². The largest absolute Gasteiger partial charge is 0.467 e. The summed E-state index contributed by atoms with van der Waals surface area (Å²) >= 11 is 3.52. The van der Waals surface area contributed by atoms with E-state index in [0.29, 0.717) is 0 Å². The van der Waals surface area contributed by atoms with E-state index >= 15 is 0 Å². The summed E-state index contributed by atoms with van der Waals surface area (Å²) in [4.78, 5) is 0. The van der Waals surface area contributed by atoms with Gasteiger partial charge in [0.2, 0.25) is 0 Å². The first-order valence-corrected chi connectivity index (χ1v) is 6.00. The minimum atomic E-state index is -0.0892. The van der Waals surface area contributed by atoms with E-state index in [1.807, 2.05) is 31.2 Å². The molecule has 2 nitrogen and oxygen atoms in total. The molecule has 0 saturated carbocycles. The third-order valence-corrected chi connectivity index (χ3v) is 3.41. The lowest BCUT2D eigenvalue weighted by Crippen LogP contribution is -2.13. The van der Waals surface area contributed by atoms with Gasteiger partial charge in [0.25, 0.3) is 0 Å². The third-order valence-electron chi connectivity index (χ3n) is 2.64. The Balaban J connectivity index is 2.17. The molecule has 0 aliphatic heterocycles. The predicted octanol–water partition coefficient (Wildman–Crippen LogP) is 3.59. The van der Waals surface area contributed by atoms with E-state index in [0.717, 1.165) is 22.2 Å². The molecule has 0 aliphatic carbocycles. The molecule has 0 fully saturated rings. The molecule has 0 spiro atoms. The first-order valence-electron chi connectivity index (χ1n) is 5.21. The van der Waals surface area contributed by atoms with Crippen molar-refractivity contribution < 1.29 is 4.42 Å². The highest BCUT2D eigenvalue weighted by Gasteiger charge is 2.14. The summed E-state index contributed by atoms with van der Waals surface area (Å²) in [5.74, 6) is 0.871. The highest BCUT2D eigenvalue weighted by Crippen LogP contribution is 2.24. The van der Waals surface area contributed by atoms with E-state index in [4.69, 9.17) is 10.2 Å². The molecule has 1 heterocycles. The molecule has 0 amide bonds. The van der Waals surface area contributed by atoms with Crippen LogP contribution in [-0.2, 0) is 6.42 Å². The van der Waals surface area contributed by atoms with Crippen molar-refractivity contribution in [3.05, 3.63) is 58.0 Å². The van der Waals surface area contributed by atoms with E-state index in [2.05, 4.69) is 22.0 Å². The Kier molecular flexibility index (Phi) is 3.46. The molecule has 2 N–H and O–H groups in total. The summed E-state index contributed by atoms with van der Waals surface area (Å²) in [6, 6.07) is 9.96. The first kappa shape index (κ1) is 11.4. The molecule has 0 saturated heterocycles. The summed E-state index contributed by atoms with van der Waals surface area (Å²) in [7, 11) is 0. The van der Waals surface area contributed by atoms with Crippen molar-refractivity contribution in [2.24, 2.45) is 5.73 Å². The summed E-state index contributed by atoms with van der Waals surface area (Å²) in [6.45, 7) is 2.01. The lowest BCUT2D eigenvalue weighted by atomic mass is 10.0. The molecule has 3 heteroatoms. The molecule has 2 rings (SSSR count). The molecule has 2 aromatic rings. The fourth-order valence-corrected chi connectivity index (χ4v) is 2.20. The fourth-order valence-electron chi connectivity index (χ4n) is 1.76. The van der Waals surface area contributed by atoms with Gasteiger partial charge in [-0.25, -0.2) is 0 Å². The lowest BCUT2D eigenvalue weighted by Gasteiger charge is -2.11. The topological polar surface area (TPSA) is 39.2 Å². The third kappa shape index (κ3) is 2.36. The maximum absolute atomic E-state index is 6.13. The van der Waals surface area contributed by atoms with Gasteiger partial charge < -0.3 is 10.2 Å². The zero-order valence-electron chi connectivity index (χ0n) is 9.11. The van der Waals surface area contributed by atoms with Gasteiger partial charge in [0.15, 0.2) is 0 Å². The van der Waals surface area contributed by atoms with E-state index in [-0.39, 0.29) is 6.04 Å². The second-order valence-corrected chi connectivity index (χ2v) is 4.72. The molecule has 0 bridgehead atoms. The number of furan rings is 1. The Morgan fingerprint density at radius 2 is 2.06 bits per heavy atom. The van der Waals surface area contributed by atoms with Gasteiger partial charge in [0.05, 0.1) is 12.3 Å². The van der Waals surface area contributed by atoms with Gasteiger partial charge in [-0.15, -0.1) is 0 Å². The fraction of sp³-hybridized carbons (Fsp3) is 0.231. The van der Waals surface area contributed by atoms with E-state index in [1.54, 1.807) is 6.26 Å². The summed E-state index contributed by atoms with van der Waals surface area (Å²) < 4.78 is 6.49. The van der Waals surface area contributed by atoms with E-state index in [1.165, 1.54) is 5.56 Å². The number of rotatable bonds is 3. The van der Waals surface area contributed by atoms with Gasteiger partial charge in [-0.1, -0.05) is 34.1 Å². The average Bonchev–Trinajstić information content (AvgIpc) is 2.68. The number of hydrogen-bond donors (Lipinski definition) is 1. The van der Waals surface area contributed by atoms with Crippen LogP contribution in [0, 0.1) is 6.92 Å². The molecule has 1 unspecified atom stereocenters. The van der Waals surface area contributed by atoms with Crippen LogP contribution < -0.4 is 5.73 Å². The summed E-state index contributed by atoms with van der Waals surface area (Å²) in [5.41, 5.74) is 8.44. The maximum atomic E-state index is 6.13. The Morgan fingerprint density at radius 3 is 2.69 bits per heavy atom. The average molecular weight is 280 g/mol. The van der Waals surface area contributed by atoms with Crippen LogP contribution in [0.15, 0.2) is 45.5 Å². The molecule has 0 aliphatic rings. The Morgan fingerprint density at radius 1 is 1.31 bits per heavy atom. The van der Waals surface area contributed by atoms with Gasteiger partial charge in [-0.3, -0.25) is 0 Å². The van der Waals surface area contributed by atoms with Crippen molar-refractivity contribution in [1.82, 2.24) is 0 Å². The molecule has 1 aromatic carbocycles. The monoisotopic (exact) mass is 279 g/mol. The van der Waals surface area contributed by atoms with Crippen molar-refractivity contribution in [2.45, 2.75) is 19.4 Å². The van der Waals surface area contributed by atoms with Crippen LogP contribution >= 0.6 is 15.9 Å². The second-order valence-electron chi connectivity index (χ2n) is 3.87. The van der Waals surface area contributed by atoms with Crippen LogP contribution in [-0.4, -0.2) is 0 Å². The van der Waals surface area contributed by atoms with E-state index < -0.39 is 0 Å². The van der Waals surface area contributed by atoms with Crippen LogP contribution in [0.4, 0.5) is 0 Å².